The summed E-state index contributed by atoms with van der Waals surface area (Å²) in [5.41, 5.74) is 22.2. The number of aliphatic hydroxyl groups excluding tert-OH is 4. The van der Waals surface area contributed by atoms with Crippen LogP contribution in [0.25, 0.3) is 88.3 Å². The summed E-state index contributed by atoms with van der Waals surface area (Å²) in [5, 5.41) is 65.2. The number of hydrogen-bond donors (Lipinski definition) is 15. The van der Waals surface area contributed by atoms with E-state index in [0.717, 1.165) is 120 Å². The van der Waals surface area contributed by atoms with Crippen LogP contribution in [0.1, 0.15) is 186 Å². The molecule has 0 bridgehead atoms. The summed E-state index contributed by atoms with van der Waals surface area (Å²) in [6, 6.07) is 47.4. The molecule has 38 nitrogen and oxygen atoms in total. The molecule has 16 aromatic rings. The molecule has 16 N–H and O–H groups in total. The van der Waals surface area contributed by atoms with E-state index in [1.54, 1.807) is 80.5 Å². The zero-order valence-corrected chi connectivity index (χ0v) is 81.3. The van der Waals surface area contributed by atoms with E-state index in [0.29, 0.717) is 130 Å². The Morgan fingerprint density at radius 1 is 0.471 bits per heavy atom. The summed E-state index contributed by atoms with van der Waals surface area (Å²) in [4.78, 5) is 167. The maximum absolute atomic E-state index is 12.0. The van der Waals surface area contributed by atoms with Gasteiger partial charge in [0.1, 0.15) is 11.8 Å². The monoisotopic (exact) mass is 1930 g/mol. The Balaban J connectivity index is 0.000000126. The van der Waals surface area contributed by atoms with E-state index >= 15 is 0 Å². The third-order valence-electron chi connectivity index (χ3n) is 25.3. The van der Waals surface area contributed by atoms with Crippen molar-refractivity contribution >= 4 is 134 Å². The van der Waals surface area contributed by atoms with Gasteiger partial charge in [-0.2, -0.15) is 0 Å². The molecule has 8 aromatic carbocycles. The maximum atomic E-state index is 12.0. The second-order valence-corrected chi connectivity index (χ2v) is 36.1. The molecule has 8 atom stereocenters. The smallest absolute Gasteiger partial charge is 0.481 e. The number of carbonyl (C=O) groups is 4. The van der Waals surface area contributed by atoms with Gasteiger partial charge in [-0.3, -0.25) is 60.9 Å². The third-order valence-corrected chi connectivity index (χ3v) is 25.5. The predicted octanol–water partition coefficient (Wildman–Crippen LogP) is 7.03. The van der Waals surface area contributed by atoms with E-state index < -0.39 is 30.4 Å². The largest absolute Gasteiger partial charge is 1.00 e. The number of para-hydroxylation sites is 10. The number of Topliss-reactive ketones (excluding diaryl/α,β-unsaturated/α-hetero) is 2. The Kier molecular flexibility index (Phi) is 32.5. The number of nitrogens with zero attached hydrogens (tertiary/aromatic N) is 11. The van der Waals surface area contributed by atoms with Crippen molar-refractivity contribution < 1.29 is 101 Å². The molecule has 0 saturated carbocycles. The predicted molar refractivity (Wildman–Crippen MR) is 522 cm³/mol. The topological polar surface area (TPSA) is 553 Å². The first-order valence-corrected chi connectivity index (χ1v) is 46.2. The number of carbonyl (C=O) groups excluding carboxylic acids is 3. The van der Waals surface area contributed by atoms with Gasteiger partial charge in [-0.25, -0.2) is 33.6 Å². The number of aromatic amines is 7. The SMILES string of the molecule is CC(C)=N[C@@H]1CCn2c(=O)[nH]c3cccc(c32)[C@H]1O.CC(C)C[C@@H]1CCn2c(=O)[nH]c3cccc(c32)[C@H]1O.CC(C)N[C@@H]1CCn2c(=O)[nH]c3cccc(c32)[C@H]1O.N[C@@H]1CCn2c(=O)[n-]c3cccc(c32)[C@H]1O.O=C(Cl)CCCn1c(=O)[nH]c2ccccc21.O=C(O)CCCn1c(=O)[nH]c2ccccc21.O=C1/C(=N\O)CCn2c(=O)[nH]c3cccc1c32.O=C1CCCn2c(=O)[nH]c3cccc1c32.[K+]. The van der Waals surface area contributed by atoms with E-state index in [2.05, 4.69) is 83.0 Å². The number of benzene rings is 8. The van der Waals surface area contributed by atoms with Crippen LogP contribution >= 0.6 is 11.6 Å². The molecule has 8 aromatic heterocycles. The van der Waals surface area contributed by atoms with Crippen LogP contribution in [0, 0.1) is 11.8 Å². The van der Waals surface area contributed by atoms with Gasteiger partial charge < -0.3 is 86.2 Å². The molecule has 22 rings (SSSR count). The average Bonchev–Trinajstić information content (AvgIpc) is 1.62. The number of carboxylic acids is 1. The Labute approximate surface area is 832 Å². The molecule has 14 heterocycles. The minimum absolute atomic E-state index is 0. The summed E-state index contributed by atoms with van der Waals surface area (Å²) in [6.45, 7) is 16.6. The summed E-state index contributed by atoms with van der Waals surface area (Å²) >= 11 is 5.24. The van der Waals surface area contributed by atoms with Crippen molar-refractivity contribution in [3.8, 4) is 0 Å². The molecule has 0 amide bonds. The fourth-order valence-corrected chi connectivity index (χ4v) is 19.2. The number of aryl methyl sites for hydroxylation is 8. The van der Waals surface area contributed by atoms with Crippen molar-refractivity contribution in [2.24, 2.45) is 27.7 Å². The number of nitrogens with one attached hydrogen (secondary N) is 8. The van der Waals surface area contributed by atoms with Gasteiger partial charge in [0.15, 0.2) is 11.5 Å². The van der Waals surface area contributed by atoms with Gasteiger partial charge in [0.2, 0.25) is 11.0 Å². The molecule has 0 saturated heterocycles. The number of aromatic nitrogens is 16. The van der Waals surface area contributed by atoms with Crippen LogP contribution in [0.3, 0.4) is 0 Å². The number of aliphatic imine (C=N–C) groups is 1. The number of fused-ring (bicyclic) bond motifs is 2. The van der Waals surface area contributed by atoms with Crippen LogP contribution in [0.15, 0.2) is 206 Å². The van der Waals surface area contributed by atoms with Crippen molar-refractivity contribution in [1.82, 2.24) is 81.7 Å². The summed E-state index contributed by atoms with van der Waals surface area (Å²) in [6.07, 6.45) is 4.26. The number of H-pyrrole nitrogens is 7. The maximum Gasteiger partial charge on any atom is 1.00 e. The standard InChI is InChI=1S/C15H20N2O2.C14H19N3O2.C14H17N3O2.C11H11ClN2O2.C11H9N3O3.C11H13N3O2.C11H12N2O3.C11H10N2O2.K/c1-9(2)8-10-6-7-17-13-11(14(10)18)4-3-5-12(13)16-15(17)19;2*1-8(2)15-11-6-7-17-12-9(13(11)18)4-3-5-10(12)16-14(17)19;12-10(15)6-3-7-14-9-5-2-1-4-8(9)13-11(14)16;15-10-6-2-1-3-7-9(6)14(11(16)12-7)5-4-8(10)13-17;12-7-4-5-14-9-6(10(7)15)2-1-3-8(9)13-11(14)16;14-10(15)6-3-7-13-9-5-2-1-4-8(9)12-11(13)16;14-9-5-2-6-13-10-7(9)3-1-4-8(10)12-11(13)15;/h3-5,9-10,14,18H,6-8H2,1-2H3,(H,16,19);3-5,8,11,13,15,18H,6-7H2,1-2H3,(H,16,19);3-5,11,13,18H,6-7H2,1-2H3,(H,16,19);1-2,4-5H,3,6-7H2,(H,13,16);1-3,17H,4-5H2,(H,12,16);1-3,7,10,15H,4-5,12H2,(H,13,16);1-2,4-5H,3,6-7H2,(H,12,16)(H,14,15);1,3-4H,2,5-6H2,(H,12,15);/q;;;;;;;;+1/p-1/b;;;;13-8-;;;;/t10-,14-;2*11-,13-;;;7-,10-;;;/m011..1.../s1. The van der Waals surface area contributed by atoms with Gasteiger partial charge >= 0.3 is 97.2 Å². The molecule has 6 aliphatic heterocycles. The van der Waals surface area contributed by atoms with E-state index in [4.69, 9.17) is 27.6 Å². The first-order valence-electron chi connectivity index (χ1n) is 45.8. The van der Waals surface area contributed by atoms with Gasteiger partial charge in [-0.1, -0.05) is 124 Å². The summed E-state index contributed by atoms with van der Waals surface area (Å²) in [5.74, 6) is -0.262. The fraction of sp³-hybridized carbons (Fsp3) is 0.367. The number of halogens is 1. The molecule has 138 heavy (non-hydrogen) atoms. The summed E-state index contributed by atoms with van der Waals surface area (Å²) in [7, 11) is 0. The normalized spacial score (nSPS) is 18.6. The number of hydrogen-bond acceptors (Lipinski definition) is 21. The van der Waals surface area contributed by atoms with Crippen LogP contribution in [0.4, 0.5) is 0 Å². The minimum atomic E-state index is -0.840. The molecular weight excluding hydrogens is 1820 g/mol. The van der Waals surface area contributed by atoms with Crippen LogP contribution < -0.4 is 113 Å². The van der Waals surface area contributed by atoms with E-state index in [1.807, 2.05) is 123 Å². The summed E-state index contributed by atoms with van der Waals surface area (Å²) < 4.78 is 13.2. The quantitative estimate of drug-likeness (QED) is 0.0181. The number of aliphatic carboxylic acids is 1. The molecular formula is C98H110ClKN20O18. The van der Waals surface area contributed by atoms with Crippen LogP contribution in [0.5, 0.6) is 0 Å². The van der Waals surface area contributed by atoms with Gasteiger partial charge in [0, 0.05) is 123 Å². The van der Waals surface area contributed by atoms with Gasteiger partial charge in [-0.15, -0.1) is 0 Å². The van der Waals surface area contributed by atoms with Crippen molar-refractivity contribution in [2.45, 2.75) is 220 Å². The fourth-order valence-electron chi connectivity index (χ4n) is 19.1. The van der Waals surface area contributed by atoms with Crippen molar-refractivity contribution in [3.63, 3.8) is 0 Å². The zero-order chi connectivity index (χ0) is 97.5. The van der Waals surface area contributed by atoms with Crippen molar-refractivity contribution in [1.29, 1.82) is 0 Å². The number of rotatable bonds is 13. The van der Waals surface area contributed by atoms with Crippen LogP contribution in [-0.2, 0) is 61.9 Å². The van der Waals surface area contributed by atoms with E-state index in [-0.39, 0.29) is 163 Å². The zero-order valence-electron chi connectivity index (χ0n) is 77.4. The molecule has 6 aliphatic rings. The first-order chi connectivity index (χ1) is 65.8. The Morgan fingerprint density at radius 3 is 1.41 bits per heavy atom. The molecule has 0 aliphatic carbocycles. The second-order valence-electron chi connectivity index (χ2n) is 35.7. The number of imidazole rings is 8. The van der Waals surface area contributed by atoms with Gasteiger partial charge in [0.25, 0.3) is 0 Å². The Hall–Kier alpha value is -12.8. The van der Waals surface area contributed by atoms with Gasteiger partial charge in [-0.05, 0) is 179 Å². The Morgan fingerprint density at radius 2 is 0.899 bits per heavy atom. The molecule has 0 fully saturated rings. The number of nitrogens with two attached hydrogens (primary N) is 1. The second kappa shape index (κ2) is 44.4. The van der Waals surface area contributed by atoms with Crippen molar-refractivity contribution in [2.75, 3.05) is 0 Å². The van der Waals surface area contributed by atoms with Crippen LogP contribution in [-0.4, -0.2) is 161 Å². The molecule has 0 spiro atoms. The number of carboxylic acid groups (broad SMARTS) is 1. The minimum Gasteiger partial charge on any atom is -0.481 e. The van der Waals surface area contributed by atoms with E-state index in [9.17, 15) is 78.0 Å². The molecule has 40 heteroatoms. The molecule has 0 radical (unpaired) electrons. The van der Waals surface area contributed by atoms with Crippen molar-refractivity contribution in [3.05, 3.63) is 275 Å². The van der Waals surface area contributed by atoms with Crippen LogP contribution in [0.2, 0.25) is 0 Å². The number of ketones is 2. The molecule has 0 unspecified atom stereocenters. The molecule has 718 valence electrons. The average molecular weight is 1930 g/mol. The number of aliphatic hydroxyl groups is 4. The Bertz CT molecular complexity index is 7580. The van der Waals surface area contributed by atoms with E-state index in [1.165, 1.54) is 4.57 Å². The third kappa shape index (κ3) is 21.9. The first kappa shape index (κ1) is 101. The van der Waals surface area contributed by atoms with Gasteiger partial charge in [0.05, 0.1) is 102 Å². The number of oxime groups is 1.